The molecule has 1 saturated heterocycles. The van der Waals surface area contributed by atoms with Gasteiger partial charge in [-0.25, -0.2) is 15.2 Å². The highest BCUT2D eigenvalue weighted by Gasteiger charge is 2.44. The van der Waals surface area contributed by atoms with Crippen LogP contribution in [0.25, 0.3) is 0 Å². The molecule has 2 N–H and O–H groups in total. The van der Waals surface area contributed by atoms with Gasteiger partial charge in [0.05, 0.1) is 6.54 Å². The van der Waals surface area contributed by atoms with E-state index in [2.05, 4.69) is 33.6 Å². The number of hydrogen-bond acceptors (Lipinski definition) is 4. The van der Waals surface area contributed by atoms with E-state index in [-0.39, 0.29) is 9.64 Å². The van der Waals surface area contributed by atoms with E-state index in [4.69, 9.17) is 4.74 Å². The molecule has 6 heteroatoms. The summed E-state index contributed by atoms with van der Waals surface area (Å²) in [5.41, 5.74) is 7.36. The third-order valence-corrected chi connectivity index (χ3v) is 6.46. The highest BCUT2D eigenvalue weighted by molar-refractivity contribution is 14.1. The van der Waals surface area contributed by atoms with Gasteiger partial charge in [-0.15, -0.1) is 0 Å². The Balaban J connectivity index is 1.52. The number of ether oxygens (including phenoxy) is 1. The molecule has 2 fully saturated rings. The Hall–Kier alpha value is -0.860. The van der Waals surface area contributed by atoms with Crippen molar-refractivity contribution in [3.63, 3.8) is 0 Å². The average Bonchev–Trinajstić information content (AvgIpc) is 2.96. The number of benzene rings is 1. The predicted molar refractivity (Wildman–Crippen MR) is 102 cm³/mol. The summed E-state index contributed by atoms with van der Waals surface area (Å²) in [6, 6.07) is 9.77. The van der Waals surface area contributed by atoms with Crippen molar-refractivity contribution in [2.24, 2.45) is 5.92 Å². The fraction of sp³-hybridized carbons (Fsp3) is 0.611. The fourth-order valence-electron chi connectivity index (χ4n) is 3.52. The lowest BCUT2D eigenvalue weighted by molar-refractivity contribution is 0.0866. The molecule has 0 aromatic heterocycles. The van der Waals surface area contributed by atoms with E-state index in [9.17, 15) is 4.79 Å². The summed E-state index contributed by atoms with van der Waals surface area (Å²) < 4.78 is 5.31. The molecule has 1 aliphatic carbocycles. The number of hydrazine groups is 2. The van der Waals surface area contributed by atoms with E-state index in [0.29, 0.717) is 19.1 Å². The summed E-state index contributed by atoms with van der Waals surface area (Å²) in [6.45, 7) is 0.932. The maximum absolute atomic E-state index is 12.3. The Kier molecular flexibility index (Phi) is 6.35. The molecule has 1 aromatic rings. The molecule has 132 valence electrons. The fourth-order valence-corrected chi connectivity index (χ4v) is 4.61. The van der Waals surface area contributed by atoms with Crippen LogP contribution in [0.4, 0.5) is 4.79 Å². The first-order valence-corrected chi connectivity index (χ1v) is 9.95. The summed E-state index contributed by atoms with van der Waals surface area (Å²) in [5, 5.41) is 1.56. The van der Waals surface area contributed by atoms with Crippen molar-refractivity contribution in [3.05, 3.63) is 35.9 Å². The normalized spacial score (nSPS) is 26.0. The van der Waals surface area contributed by atoms with Crippen molar-refractivity contribution in [2.45, 2.75) is 55.1 Å². The van der Waals surface area contributed by atoms with Crippen LogP contribution in [0.5, 0.6) is 0 Å². The monoisotopic (exact) mass is 443 g/mol. The molecule has 0 bridgehead atoms. The van der Waals surface area contributed by atoms with Gasteiger partial charge in [0.25, 0.3) is 0 Å². The topological polar surface area (TPSA) is 53.6 Å². The zero-order valence-corrected chi connectivity index (χ0v) is 16.1. The van der Waals surface area contributed by atoms with Crippen molar-refractivity contribution in [1.82, 2.24) is 16.0 Å². The number of carbonyl (C=O) groups is 1. The van der Waals surface area contributed by atoms with Gasteiger partial charge < -0.3 is 4.74 Å². The zero-order valence-electron chi connectivity index (χ0n) is 14.0. The standard InChI is InChI=1S/C18H26IN3O2/c19-18(16-11-7-2-1-3-8-12-16)14-22(21-20-18)17(23)24-13-15-9-5-4-6-10-15/h4-6,9-10,16,20-21H,1-3,7-8,11-14H2. The molecule has 2 aliphatic rings. The number of nitrogens with one attached hydrogen (secondary N) is 2. The first kappa shape index (κ1) is 17.9. The predicted octanol–water partition coefficient (Wildman–Crippen LogP) is 4.14. The largest absolute Gasteiger partial charge is 0.444 e. The van der Waals surface area contributed by atoms with E-state index in [1.807, 2.05) is 30.3 Å². The second-order valence-corrected chi connectivity index (χ2v) is 8.69. The molecule has 1 heterocycles. The van der Waals surface area contributed by atoms with Crippen LogP contribution in [-0.4, -0.2) is 21.2 Å². The molecule has 0 radical (unpaired) electrons. The van der Waals surface area contributed by atoms with Crippen molar-refractivity contribution in [1.29, 1.82) is 0 Å². The minimum atomic E-state index is -0.323. The van der Waals surface area contributed by atoms with Crippen molar-refractivity contribution < 1.29 is 9.53 Å². The lowest BCUT2D eigenvalue weighted by atomic mass is 9.86. The first-order chi connectivity index (χ1) is 11.7. The Morgan fingerprint density at radius 1 is 1.17 bits per heavy atom. The lowest BCUT2D eigenvalue weighted by Gasteiger charge is -2.32. The smallest absolute Gasteiger partial charge is 0.425 e. The van der Waals surface area contributed by atoms with Crippen LogP contribution in [0.1, 0.15) is 50.5 Å². The summed E-state index contributed by atoms with van der Waals surface area (Å²) in [6.07, 6.45) is 8.74. The summed E-state index contributed by atoms with van der Waals surface area (Å²) in [7, 11) is 0. The first-order valence-electron chi connectivity index (χ1n) is 8.87. The molecule has 1 aliphatic heterocycles. The van der Waals surface area contributed by atoms with Crippen LogP contribution in [-0.2, 0) is 11.3 Å². The van der Waals surface area contributed by atoms with Gasteiger partial charge in [0.15, 0.2) is 0 Å². The zero-order chi connectivity index (χ0) is 16.8. The number of nitrogens with zero attached hydrogens (tertiary/aromatic N) is 1. The number of hydrogen-bond donors (Lipinski definition) is 2. The summed E-state index contributed by atoms with van der Waals surface area (Å²) in [5.74, 6) is 0.581. The van der Waals surface area contributed by atoms with Crippen molar-refractivity contribution in [3.8, 4) is 0 Å². The third-order valence-electron chi connectivity index (χ3n) is 4.96. The SMILES string of the molecule is O=C(OCc1ccccc1)N1CC(I)(C2CCCCCCC2)NN1. The van der Waals surface area contributed by atoms with Gasteiger partial charge in [-0.05, 0) is 24.3 Å². The number of rotatable bonds is 3. The van der Waals surface area contributed by atoms with Crippen LogP contribution < -0.4 is 11.0 Å². The quantitative estimate of drug-likeness (QED) is 0.419. The van der Waals surface area contributed by atoms with Crippen LogP contribution in [0.2, 0.25) is 0 Å². The van der Waals surface area contributed by atoms with Gasteiger partial charge >= 0.3 is 6.09 Å². The minimum absolute atomic E-state index is 0.110. The highest BCUT2D eigenvalue weighted by atomic mass is 127. The third kappa shape index (κ3) is 4.61. The summed E-state index contributed by atoms with van der Waals surface area (Å²) in [4.78, 5) is 12.3. The van der Waals surface area contributed by atoms with E-state index < -0.39 is 0 Å². The Morgan fingerprint density at radius 3 is 2.54 bits per heavy atom. The molecule has 0 spiro atoms. The van der Waals surface area contributed by atoms with Gasteiger partial charge in [0, 0.05) is 0 Å². The maximum atomic E-state index is 12.3. The van der Waals surface area contributed by atoms with Gasteiger partial charge in [-0.3, -0.25) is 0 Å². The molecule has 1 amide bonds. The molecule has 24 heavy (non-hydrogen) atoms. The van der Waals surface area contributed by atoms with Crippen molar-refractivity contribution in [2.75, 3.05) is 6.54 Å². The average molecular weight is 443 g/mol. The number of carbonyl (C=O) groups excluding carboxylic acids is 1. The van der Waals surface area contributed by atoms with Gasteiger partial charge in [-0.2, -0.15) is 5.53 Å². The molecular weight excluding hydrogens is 417 g/mol. The van der Waals surface area contributed by atoms with E-state index in [0.717, 1.165) is 5.56 Å². The van der Waals surface area contributed by atoms with Crippen LogP contribution in [0.3, 0.4) is 0 Å². The number of alkyl halides is 1. The molecule has 1 atom stereocenters. The second-order valence-electron chi connectivity index (χ2n) is 6.77. The van der Waals surface area contributed by atoms with Crippen LogP contribution in [0, 0.1) is 5.92 Å². The van der Waals surface area contributed by atoms with Crippen LogP contribution >= 0.6 is 22.6 Å². The van der Waals surface area contributed by atoms with Gasteiger partial charge in [0.1, 0.15) is 10.2 Å². The summed E-state index contributed by atoms with van der Waals surface area (Å²) >= 11 is 2.48. The Bertz CT molecular complexity index is 534. The highest BCUT2D eigenvalue weighted by Crippen LogP contribution is 2.37. The second kappa shape index (κ2) is 8.49. The molecule has 1 unspecified atom stereocenters. The van der Waals surface area contributed by atoms with Crippen molar-refractivity contribution >= 4 is 28.7 Å². The van der Waals surface area contributed by atoms with E-state index in [1.165, 1.54) is 44.9 Å². The number of halogens is 1. The molecule has 1 aromatic carbocycles. The van der Waals surface area contributed by atoms with Gasteiger partial charge in [0.2, 0.25) is 0 Å². The Morgan fingerprint density at radius 2 is 1.83 bits per heavy atom. The molecular formula is C18H26IN3O2. The molecule has 3 rings (SSSR count). The number of amides is 1. The molecule has 5 nitrogen and oxygen atoms in total. The lowest BCUT2D eigenvalue weighted by Crippen LogP contribution is -2.46. The van der Waals surface area contributed by atoms with E-state index >= 15 is 0 Å². The molecule has 1 saturated carbocycles. The van der Waals surface area contributed by atoms with E-state index in [1.54, 1.807) is 5.01 Å². The maximum Gasteiger partial charge on any atom is 0.425 e. The Labute approximate surface area is 157 Å². The van der Waals surface area contributed by atoms with Crippen LogP contribution in [0.15, 0.2) is 30.3 Å². The van der Waals surface area contributed by atoms with Gasteiger partial charge in [-0.1, -0.05) is 85.0 Å². The minimum Gasteiger partial charge on any atom is -0.444 e.